The van der Waals surface area contributed by atoms with Crippen molar-refractivity contribution in [1.82, 2.24) is 4.90 Å². The van der Waals surface area contributed by atoms with Crippen molar-refractivity contribution in [3.8, 4) is 0 Å². The van der Waals surface area contributed by atoms with Crippen LogP contribution in [-0.2, 0) is 4.74 Å². The van der Waals surface area contributed by atoms with Gasteiger partial charge in [0.1, 0.15) is 0 Å². The molecule has 18 heavy (non-hydrogen) atoms. The number of hydrogen-bond donors (Lipinski definition) is 1. The lowest BCUT2D eigenvalue weighted by Crippen LogP contribution is -2.33. The number of ether oxygens (including phenoxy) is 1. The Kier molecular flexibility index (Phi) is 6.33. The number of nitrogens with zero attached hydrogens (tertiary/aromatic N) is 1. The van der Waals surface area contributed by atoms with Crippen molar-refractivity contribution in [3.05, 3.63) is 35.4 Å². The molecule has 0 aliphatic heterocycles. The molecule has 1 aromatic rings. The second-order valence-electron chi connectivity index (χ2n) is 5.07. The van der Waals surface area contributed by atoms with Gasteiger partial charge < -0.3 is 10.5 Å². The molecule has 0 aliphatic rings. The Morgan fingerprint density at radius 1 is 1.33 bits per heavy atom. The molecular weight excluding hydrogens is 224 g/mol. The van der Waals surface area contributed by atoms with Crippen molar-refractivity contribution in [2.75, 3.05) is 26.7 Å². The molecule has 0 saturated heterocycles. The van der Waals surface area contributed by atoms with Crippen LogP contribution in [-0.4, -0.2) is 37.7 Å². The topological polar surface area (TPSA) is 38.5 Å². The maximum atomic E-state index is 5.90. The maximum absolute atomic E-state index is 5.90. The summed E-state index contributed by atoms with van der Waals surface area (Å²) in [6.45, 7) is 8.49. The standard InChI is InChI=1S/C15H26N2O/c1-12(2)18-9-8-17(4)15(11-16)14-7-5-6-13(3)10-14/h5-7,10,12,15H,8-9,11,16H2,1-4H3. The van der Waals surface area contributed by atoms with Crippen molar-refractivity contribution < 1.29 is 4.74 Å². The van der Waals surface area contributed by atoms with Crippen LogP contribution in [0.2, 0.25) is 0 Å². The summed E-state index contributed by atoms with van der Waals surface area (Å²) < 4.78 is 5.58. The molecule has 102 valence electrons. The summed E-state index contributed by atoms with van der Waals surface area (Å²) in [6.07, 6.45) is 0.286. The number of nitrogens with two attached hydrogens (primary N) is 1. The van der Waals surface area contributed by atoms with Crippen molar-refractivity contribution in [2.24, 2.45) is 5.73 Å². The number of benzene rings is 1. The van der Waals surface area contributed by atoms with Crippen LogP contribution in [0.1, 0.15) is 31.0 Å². The van der Waals surface area contributed by atoms with E-state index >= 15 is 0 Å². The summed E-state index contributed by atoms with van der Waals surface area (Å²) in [4.78, 5) is 2.26. The fraction of sp³-hybridized carbons (Fsp3) is 0.600. The Hall–Kier alpha value is -0.900. The number of rotatable bonds is 7. The molecule has 0 saturated carbocycles. The smallest absolute Gasteiger partial charge is 0.0597 e. The van der Waals surface area contributed by atoms with E-state index in [1.807, 2.05) is 0 Å². The van der Waals surface area contributed by atoms with Gasteiger partial charge in [-0.05, 0) is 33.4 Å². The molecule has 0 fully saturated rings. The Balaban J connectivity index is 2.59. The number of likely N-dealkylation sites (N-methyl/N-ethyl adjacent to an activating group) is 1. The van der Waals surface area contributed by atoms with Crippen LogP contribution in [0, 0.1) is 6.92 Å². The quantitative estimate of drug-likeness (QED) is 0.807. The molecule has 1 aromatic carbocycles. The van der Waals surface area contributed by atoms with Gasteiger partial charge in [0, 0.05) is 19.1 Å². The van der Waals surface area contributed by atoms with Gasteiger partial charge in [0.25, 0.3) is 0 Å². The van der Waals surface area contributed by atoms with Crippen LogP contribution in [0.25, 0.3) is 0 Å². The zero-order valence-corrected chi connectivity index (χ0v) is 12.0. The highest BCUT2D eigenvalue weighted by molar-refractivity contribution is 5.25. The van der Waals surface area contributed by atoms with Gasteiger partial charge in [-0.15, -0.1) is 0 Å². The molecule has 1 unspecified atom stereocenters. The number of hydrogen-bond acceptors (Lipinski definition) is 3. The monoisotopic (exact) mass is 250 g/mol. The molecule has 0 aromatic heterocycles. The first kappa shape index (κ1) is 15.2. The first-order valence-electron chi connectivity index (χ1n) is 6.63. The van der Waals surface area contributed by atoms with Gasteiger partial charge >= 0.3 is 0 Å². The first-order chi connectivity index (χ1) is 8.54. The maximum Gasteiger partial charge on any atom is 0.0597 e. The Morgan fingerprint density at radius 2 is 2.06 bits per heavy atom. The van der Waals surface area contributed by atoms with Crippen LogP contribution >= 0.6 is 0 Å². The van der Waals surface area contributed by atoms with E-state index in [0.29, 0.717) is 6.54 Å². The fourth-order valence-corrected chi connectivity index (χ4v) is 2.04. The van der Waals surface area contributed by atoms with Gasteiger partial charge in [0.15, 0.2) is 0 Å². The zero-order chi connectivity index (χ0) is 13.5. The van der Waals surface area contributed by atoms with Crippen LogP contribution in [0.4, 0.5) is 0 Å². The molecule has 0 aliphatic carbocycles. The third-order valence-electron chi connectivity index (χ3n) is 3.08. The molecule has 0 spiro atoms. The zero-order valence-electron chi connectivity index (χ0n) is 12.0. The van der Waals surface area contributed by atoms with E-state index in [9.17, 15) is 0 Å². The second kappa shape index (κ2) is 7.52. The third kappa shape index (κ3) is 4.77. The van der Waals surface area contributed by atoms with Gasteiger partial charge in [-0.1, -0.05) is 29.8 Å². The van der Waals surface area contributed by atoms with Gasteiger partial charge in [0.05, 0.1) is 12.7 Å². The molecule has 1 rings (SSSR count). The van der Waals surface area contributed by atoms with E-state index in [2.05, 4.69) is 57.0 Å². The molecule has 3 heteroatoms. The van der Waals surface area contributed by atoms with E-state index in [1.54, 1.807) is 0 Å². The lowest BCUT2D eigenvalue weighted by Gasteiger charge is -2.27. The van der Waals surface area contributed by atoms with Crippen LogP contribution in [0.5, 0.6) is 0 Å². The van der Waals surface area contributed by atoms with Crippen molar-refractivity contribution in [1.29, 1.82) is 0 Å². The lowest BCUT2D eigenvalue weighted by molar-refractivity contribution is 0.0564. The third-order valence-corrected chi connectivity index (χ3v) is 3.08. The van der Waals surface area contributed by atoms with Crippen LogP contribution in [0.3, 0.4) is 0 Å². The van der Waals surface area contributed by atoms with Crippen LogP contribution < -0.4 is 5.73 Å². The van der Waals surface area contributed by atoms with Crippen molar-refractivity contribution in [2.45, 2.75) is 32.9 Å². The van der Waals surface area contributed by atoms with E-state index in [1.165, 1.54) is 11.1 Å². The molecule has 0 amide bonds. The molecule has 0 bridgehead atoms. The molecule has 2 N–H and O–H groups in total. The fourth-order valence-electron chi connectivity index (χ4n) is 2.04. The van der Waals surface area contributed by atoms with Crippen molar-refractivity contribution >= 4 is 0 Å². The highest BCUT2D eigenvalue weighted by Gasteiger charge is 2.15. The summed E-state index contributed by atoms with van der Waals surface area (Å²) in [6, 6.07) is 8.81. The Labute approximate surface area is 111 Å². The minimum atomic E-state index is 0.265. The van der Waals surface area contributed by atoms with Gasteiger partial charge in [0.2, 0.25) is 0 Å². The molecule has 0 heterocycles. The second-order valence-corrected chi connectivity index (χ2v) is 5.07. The summed E-state index contributed by atoms with van der Waals surface area (Å²) in [7, 11) is 2.10. The number of aryl methyl sites for hydroxylation is 1. The molecule has 1 atom stereocenters. The molecule has 3 nitrogen and oxygen atoms in total. The van der Waals surface area contributed by atoms with E-state index < -0.39 is 0 Å². The predicted octanol–water partition coefficient (Wildman–Crippen LogP) is 2.35. The van der Waals surface area contributed by atoms with E-state index in [0.717, 1.165) is 13.2 Å². The normalized spacial score (nSPS) is 13.3. The van der Waals surface area contributed by atoms with Gasteiger partial charge in [-0.2, -0.15) is 0 Å². The highest BCUT2D eigenvalue weighted by Crippen LogP contribution is 2.18. The summed E-state index contributed by atoms with van der Waals surface area (Å²) in [5, 5.41) is 0. The van der Waals surface area contributed by atoms with Gasteiger partial charge in [-0.25, -0.2) is 0 Å². The average molecular weight is 250 g/mol. The largest absolute Gasteiger partial charge is 0.377 e. The van der Waals surface area contributed by atoms with E-state index in [4.69, 9.17) is 10.5 Å². The van der Waals surface area contributed by atoms with Crippen molar-refractivity contribution in [3.63, 3.8) is 0 Å². The minimum Gasteiger partial charge on any atom is -0.377 e. The Bertz CT molecular complexity index is 352. The van der Waals surface area contributed by atoms with E-state index in [-0.39, 0.29) is 12.1 Å². The molecular formula is C15H26N2O. The lowest BCUT2D eigenvalue weighted by atomic mass is 10.0. The molecule has 0 radical (unpaired) electrons. The average Bonchev–Trinajstić information content (AvgIpc) is 2.29. The minimum absolute atomic E-state index is 0.265. The highest BCUT2D eigenvalue weighted by atomic mass is 16.5. The summed E-state index contributed by atoms with van der Waals surface area (Å²) >= 11 is 0. The Morgan fingerprint density at radius 3 is 2.61 bits per heavy atom. The summed E-state index contributed by atoms with van der Waals surface area (Å²) in [5.74, 6) is 0. The SMILES string of the molecule is Cc1cccc(C(CN)N(C)CCOC(C)C)c1. The summed E-state index contributed by atoms with van der Waals surface area (Å²) in [5.41, 5.74) is 8.46. The first-order valence-corrected chi connectivity index (χ1v) is 6.63. The van der Waals surface area contributed by atoms with Crippen LogP contribution in [0.15, 0.2) is 24.3 Å². The van der Waals surface area contributed by atoms with Gasteiger partial charge in [-0.3, -0.25) is 4.90 Å². The predicted molar refractivity (Wildman–Crippen MR) is 76.7 cm³/mol.